The first kappa shape index (κ1) is 21.7. The van der Waals surface area contributed by atoms with Gasteiger partial charge in [0.15, 0.2) is 0 Å². The van der Waals surface area contributed by atoms with Crippen molar-refractivity contribution in [3.63, 3.8) is 0 Å². The third-order valence-electron chi connectivity index (χ3n) is 4.29. The van der Waals surface area contributed by atoms with E-state index < -0.39 is 8.32 Å². The van der Waals surface area contributed by atoms with Crippen LogP contribution < -0.4 is 0 Å². The number of rotatable bonds is 9. The first-order valence-corrected chi connectivity index (χ1v) is 13.5. The van der Waals surface area contributed by atoms with Crippen LogP contribution in [0.25, 0.3) is 0 Å². The molecule has 0 radical (unpaired) electrons. The second-order valence-corrected chi connectivity index (χ2v) is 13.9. The fraction of sp³-hybridized carbons (Fsp3) is 0.812. The van der Waals surface area contributed by atoms with Crippen LogP contribution in [0.1, 0.15) is 46.5 Å². The Balaban J connectivity index is 4.95. The van der Waals surface area contributed by atoms with E-state index in [1.165, 1.54) is 0 Å². The molecular weight excluding hydrogens is 504 g/mol. The highest BCUT2D eigenvalue weighted by Gasteiger charge is 2.38. The van der Waals surface area contributed by atoms with Crippen molar-refractivity contribution >= 4 is 53.5 Å². The first-order chi connectivity index (χ1) is 9.64. The van der Waals surface area contributed by atoms with Gasteiger partial charge in [-0.3, -0.25) is 0 Å². The minimum Gasteiger partial charge on any atom is -0.549 e. The standard InChI is InChI=1S/C16H29I2NOSi/c1-15(2,3)21(4,5)20-13-10-16(14-19,8-6-11-17)9-7-12-18/h10,13H,6-9,11-12H2,1-5H3/b13-10+. The van der Waals surface area contributed by atoms with Gasteiger partial charge in [0.2, 0.25) is 8.32 Å². The van der Waals surface area contributed by atoms with E-state index in [0.717, 1.165) is 34.5 Å². The highest BCUT2D eigenvalue weighted by Crippen LogP contribution is 2.37. The largest absolute Gasteiger partial charge is 0.549 e. The fourth-order valence-corrected chi connectivity index (χ4v) is 3.24. The van der Waals surface area contributed by atoms with Crippen LogP contribution in [0.4, 0.5) is 0 Å². The van der Waals surface area contributed by atoms with E-state index in [9.17, 15) is 5.26 Å². The van der Waals surface area contributed by atoms with Crippen molar-refractivity contribution < 1.29 is 4.43 Å². The van der Waals surface area contributed by atoms with Crippen LogP contribution in [0.5, 0.6) is 0 Å². The molecule has 2 nitrogen and oxygen atoms in total. The second-order valence-electron chi connectivity index (χ2n) is 7.03. The van der Waals surface area contributed by atoms with Crippen LogP contribution >= 0.6 is 45.2 Å². The Morgan fingerprint density at radius 3 is 1.90 bits per heavy atom. The van der Waals surface area contributed by atoms with Crippen LogP contribution in [0.15, 0.2) is 12.3 Å². The van der Waals surface area contributed by atoms with Crippen molar-refractivity contribution in [2.75, 3.05) is 8.86 Å². The summed E-state index contributed by atoms with van der Waals surface area (Å²) in [6.45, 7) is 11.2. The Hall–Kier alpha value is 0.707. The van der Waals surface area contributed by atoms with Crippen LogP contribution in [0.3, 0.4) is 0 Å². The van der Waals surface area contributed by atoms with Gasteiger partial charge in [0.05, 0.1) is 17.7 Å². The normalized spacial score (nSPS) is 13.4. The number of halogens is 2. The summed E-state index contributed by atoms with van der Waals surface area (Å²) in [5, 5.41) is 9.86. The molecule has 0 aliphatic rings. The number of allylic oxidation sites excluding steroid dienone is 1. The smallest absolute Gasteiger partial charge is 0.249 e. The number of nitrogens with zero attached hydrogens (tertiary/aromatic N) is 1. The number of alkyl halides is 2. The summed E-state index contributed by atoms with van der Waals surface area (Å²) in [6.07, 6.45) is 7.90. The lowest BCUT2D eigenvalue weighted by molar-refractivity contribution is 0.387. The molecule has 122 valence electrons. The molecule has 0 heterocycles. The predicted molar refractivity (Wildman–Crippen MR) is 112 cm³/mol. The van der Waals surface area contributed by atoms with Crippen molar-refractivity contribution in [3.05, 3.63) is 12.3 Å². The molecule has 0 saturated heterocycles. The highest BCUT2D eigenvalue weighted by molar-refractivity contribution is 14.1. The summed E-state index contributed by atoms with van der Waals surface area (Å²) >= 11 is 4.77. The van der Waals surface area contributed by atoms with Gasteiger partial charge in [-0.05, 0) is 58.7 Å². The maximum Gasteiger partial charge on any atom is 0.249 e. The highest BCUT2D eigenvalue weighted by atomic mass is 127. The molecule has 21 heavy (non-hydrogen) atoms. The Labute approximate surface area is 159 Å². The van der Waals surface area contributed by atoms with Crippen molar-refractivity contribution in [1.82, 2.24) is 0 Å². The molecule has 0 unspecified atom stereocenters. The van der Waals surface area contributed by atoms with E-state index in [-0.39, 0.29) is 10.5 Å². The molecule has 0 rings (SSSR count). The van der Waals surface area contributed by atoms with Crippen LogP contribution in [0, 0.1) is 16.7 Å². The minimum absolute atomic E-state index is 0.192. The molecule has 0 amide bonds. The molecule has 0 fully saturated rings. The van der Waals surface area contributed by atoms with E-state index in [0.29, 0.717) is 0 Å². The monoisotopic (exact) mass is 533 g/mol. The summed E-state index contributed by atoms with van der Waals surface area (Å²) in [4.78, 5) is 0. The van der Waals surface area contributed by atoms with E-state index in [1.54, 1.807) is 0 Å². The summed E-state index contributed by atoms with van der Waals surface area (Å²) in [7, 11) is -1.78. The van der Waals surface area contributed by atoms with Crippen molar-refractivity contribution in [2.45, 2.75) is 64.6 Å². The van der Waals surface area contributed by atoms with Crippen LogP contribution in [-0.4, -0.2) is 17.2 Å². The second kappa shape index (κ2) is 9.76. The Morgan fingerprint density at radius 2 is 1.57 bits per heavy atom. The lowest BCUT2D eigenvalue weighted by Crippen LogP contribution is -2.39. The minimum atomic E-state index is -1.78. The third kappa shape index (κ3) is 7.69. The molecule has 0 aliphatic carbocycles. The van der Waals surface area contributed by atoms with Gasteiger partial charge in [0.25, 0.3) is 0 Å². The van der Waals surface area contributed by atoms with Crippen LogP contribution in [0.2, 0.25) is 18.1 Å². The van der Waals surface area contributed by atoms with Gasteiger partial charge in [0, 0.05) is 0 Å². The summed E-state index contributed by atoms with van der Waals surface area (Å²) in [5.74, 6) is 0. The molecule has 0 bridgehead atoms. The zero-order valence-electron chi connectivity index (χ0n) is 14.0. The molecule has 0 N–H and O–H groups in total. The van der Waals surface area contributed by atoms with E-state index >= 15 is 0 Å². The van der Waals surface area contributed by atoms with E-state index in [2.05, 4.69) is 85.1 Å². The zero-order chi connectivity index (χ0) is 16.6. The fourth-order valence-electron chi connectivity index (χ4n) is 1.72. The molecule has 0 aliphatic heterocycles. The van der Waals surface area contributed by atoms with Crippen molar-refractivity contribution in [1.29, 1.82) is 5.26 Å². The molecule has 0 aromatic carbocycles. The Bertz CT molecular complexity index is 361. The van der Waals surface area contributed by atoms with Gasteiger partial charge in [-0.25, -0.2) is 0 Å². The van der Waals surface area contributed by atoms with Gasteiger partial charge in [-0.15, -0.1) is 0 Å². The lowest BCUT2D eigenvalue weighted by atomic mass is 9.81. The Kier molecular flexibility index (Phi) is 10.1. The van der Waals surface area contributed by atoms with Crippen molar-refractivity contribution in [3.8, 4) is 6.07 Å². The summed E-state index contributed by atoms with van der Waals surface area (Å²) < 4.78 is 8.31. The van der Waals surface area contributed by atoms with E-state index in [1.807, 2.05) is 12.3 Å². The molecule has 0 spiro atoms. The summed E-state index contributed by atoms with van der Waals surface area (Å²) in [5.41, 5.74) is -0.349. The number of nitriles is 1. The number of hydrogen-bond acceptors (Lipinski definition) is 2. The lowest BCUT2D eigenvalue weighted by Gasteiger charge is -2.35. The van der Waals surface area contributed by atoms with Gasteiger partial charge >= 0.3 is 0 Å². The Morgan fingerprint density at radius 1 is 1.10 bits per heavy atom. The maximum atomic E-state index is 9.67. The quantitative estimate of drug-likeness (QED) is 0.148. The molecule has 0 atom stereocenters. The van der Waals surface area contributed by atoms with Gasteiger partial charge in [-0.2, -0.15) is 5.26 Å². The molecule has 0 saturated carbocycles. The van der Waals surface area contributed by atoms with Gasteiger partial charge in [0.1, 0.15) is 0 Å². The predicted octanol–water partition coefficient (Wildman–Crippen LogP) is 6.46. The average Bonchev–Trinajstić information content (AvgIpc) is 2.40. The maximum absolute atomic E-state index is 9.67. The van der Waals surface area contributed by atoms with Crippen molar-refractivity contribution in [2.24, 2.45) is 5.41 Å². The molecular formula is C16H29I2NOSi. The molecule has 0 aromatic rings. The summed E-state index contributed by atoms with van der Waals surface area (Å²) in [6, 6.07) is 2.55. The molecule has 5 heteroatoms. The first-order valence-electron chi connectivity index (χ1n) is 7.53. The van der Waals surface area contributed by atoms with Crippen LogP contribution in [-0.2, 0) is 4.43 Å². The zero-order valence-corrected chi connectivity index (χ0v) is 19.3. The number of hydrogen-bond donors (Lipinski definition) is 0. The third-order valence-corrected chi connectivity index (χ3v) is 10.2. The average molecular weight is 533 g/mol. The topological polar surface area (TPSA) is 33.0 Å². The van der Waals surface area contributed by atoms with Gasteiger partial charge in [-0.1, -0.05) is 66.0 Å². The van der Waals surface area contributed by atoms with Gasteiger partial charge < -0.3 is 4.43 Å². The molecule has 0 aromatic heterocycles. The SMILES string of the molecule is CC(C)(C)[Si](C)(C)O/C=C/C(C#N)(CCCI)CCCI. The van der Waals surface area contributed by atoms with E-state index in [4.69, 9.17) is 4.43 Å².